The topological polar surface area (TPSA) is 58.5 Å². The Hall–Kier alpha value is -2.63. The first-order chi connectivity index (χ1) is 14.7. The number of rotatable bonds is 13. The number of fused-ring (bicyclic) bond motifs is 1. The highest BCUT2D eigenvalue weighted by molar-refractivity contribution is 6.12. The zero-order valence-corrected chi connectivity index (χ0v) is 19.2. The van der Waals surface area contributed by atoms with Crippen LogP contribution in [0, 0.1) is 0 Å². The van der Waals surface area contributed by atoms with Crippen LogP contribution in [0.2, 0.25) is 0 Å². The molecular formula is C24H35NO5. The van der Waals surface area contributed by atoms with Crippen LogP contribution >= 0.6 is 0 Å². The van der Waals surface area contributed by atoms with E-state index in [0.717, 1.165) is 47.7 Å². The summed E-state index contributed by atoms with van der Waals surface area (Å²) in [7, 11) is 6.59. The third-order valence-corrected chi connectivity index (χ3v) is 5.03. The third-order valence-electron chi connectivity index (χ3n) is 5.03. The molecule has 0 saturated carbocycles. The second-order valence-corrected chi connectivity index (χ2v) is 7.06. The summed E-state index contributed by atoms with van der Waals surface area (Å²) in [6.07, 6.45) is 6.25. The zero-order chi connectivity index (χ0) is 21.9. The van der Waals surface area contributed by atoms with Crippen molar-refractivity contribution in [2.24, 2.45) is 5.16 Å². The average Bonchev–Trinajstić information content (AvgIpc) is 2.78. The van der Waals surface area contributed by atoms with Gasteiger partial charge in [0.15, 0.2) is 0 Å². The Morgan fingerprint density at radius 3 is 2.00 bits per heavy atom. The van der Waals surface area contributed by atoms with Gasteiger partial charge in [0.05, 0.1) is 44.9 Å². The molecule has 0 radical (unpaired) electrons. The second-order valence-electron chi connectivity index (χ2n) is 7.06. The Bertz CT molecular complexity index is 847. The van der Waals surface area contributed by atoms with E-state index >= 15 is 0 Å². The van der Waals surface area contributed by atoms with Crippen LogP contribution in [0.15, 0.2) is 23.4 Å². The van der Waals surface area contributed by atoms with Crippen molar-refractivity contribution < 1.29 is 23.8 Å². The van der Waals surface area contributed by atoms with E-state index < -0.39 is 0 Å². The van der Waals surface area contributed by atoms with Gasteiger partial charge < -0.3 is 23.8 Å². The van der Waals surface area contributed by atoms with Crippen molar-refractivity contribution in [2.45, 2.75) is 52.4 Å². The molecule has 2 aromatic rings. The molecule has 0 aliphatic rings. The van der Waals surface area contributed by atoms with Crippen molar-refractivity contribution in [3.8, 4) is 23.0 Å². The predicted octanol–water partition coefficient (Wildman–Crippen LogP) is 5.98. The molecule has 0 aliphatic carbocycles. The molecule has 0 unspecified atom stereocenters. The van der Waals surface area contributed by atoms with E-state index in [-0.39, 0.29) is 0 Å². The third kappa shape index (κ3) is 5.29. The van der Waals surface area contributed by atoms with E-state index in [2.05, 4.69) is 19.0 Å². The van der Waals surface area contributed by atoms with Gasteiger partial charge in [-0.25, -0.2) is 0 Å². The molecule has 0 bridgehead atoms. The van der Waals surface area contributed by atoms with Crippen molar-refractivity contribution in [3.05, 3.63) is 23.8 Å². The SMILES string of the molecule is CCCCCCC(=NOCCC)c1cc(OC)c2c(OC)ccc(OC)c2c1OC. The van der Waals surface area contributed by atoms with E-state index in [1.165, 1.54) is 12.8 Å². The van der Waals surface area contributed by atoms with Gasteiger partial charge in [0, 0.05) is 5.56 Å². The van der Waals surface area contributed by atoms with Crippen molar-refractivity contribution >= 4 is 16.5 Å². The highest BCUT2D eigenvalue weighted by atomic mass is 16.6. The van der Waals surface area contributed by atoms with Gasteiger partial charge in [0.25, 0.3) is 0 Å². The molecule has 166 valence electrons. The number of unbranched alkanes of at least 4 members (excludes halogenated alkanes) is 3. The number of oxime groups is 1. The van der Waals surface area contributed by atoms with Gasteiger partial charge in [-0.2, -0.15) is 0 Å². The molecule has 0 atom stereocenters. The van der Waals surface area contributed by atoms with Gasteiger partial charge in [-0.3, -0.25) is 0 Å². The monoisotopic (exact) mass is 417 g/mol. The van der Waals surface area contributed by atoms with Gasteiger partial charge in [0.2, 0.25) is 0 Å². The first-order valence-corrected chi connectivity index (χ1v) is 10.7. The molecule has 0 aromatic heterocycles. The van der Waals surface area contributed by atoms with Crippen molar-refractivity contribution in [3.63, 3.8) is 0 Å². The van der Waals surface area contributed by atoms with E-state index in [4.69, 9.17) is 23.8 Å². The van der Waals surface area contributed by atoms with Crippen LogP contribution in [-0.2, 0) is 4.84 Å². The smallest absolute Gasteiger partial charge is 0.140 e. The van der Waals surface area contributed by atoms with Crippen LogP contribution in [0.4, 0.5) is 0 Å². The predicted molar refractivity (Wildman–Crippen MR) is 122 cm³/mol. The van der Waals surface area contributed by atoms with Crippen LogP contribution in [-0.4, -0.2) is 40.8 Å². The minimum atomic E-state index is 0.572. The number of benzene rings is 2. The summed E-state index contributed by atoms with van der Waals surface area (Å²) in [5, 5.41) is 6.08. The number of hydrogen-bond donors (Lipinski definition) is 0. The van der Waals surface area contributed by atoms with Gasteiger partial charge in [-0.15, -0.1) is 0 Å². The molecule has 6 nitrogen and oxygen atoms in total. The van der Waals surface area contributed by atoms with E-state index in [9.17, 15) is 0 Å². The Balaban J connectivity index is 2.71. The maximum Gasteiger partial charge on any atom is 0.140 e. The van der Waals surface area contributed by atoms with Crippen LogP contribution in [0.1, 0.15) is 57.9 Å². The standard InChI is InChI=1S/C24H35NO5/c1-7-9-10-11-12-18(25-30-15-8-2)17-16-21(28-5)22-19(26-3)13-14-20(27-4)23(22)24(17)29-6/h13-14,16H,7-12,15H2,1-6H3. The Labute approximate surface area is 180 Å². The summed E-state index contributed by atoms with van der Waals surface area (Å²) in [4.78, 5) is 5.58. The summed E-state index contributed by atoms with van der Waals surface area (Å²) in [5.41, 5.74) is 1.70. The fourth-order valence-corrected chi connectivity index (χ4v) is 3.53. The summed E-state index contributed by atoms with van der Waals surface area (Å²) in [6, 6.07) is 5.70. The Morgan fingerprint density at radius 2 is 1.43 bits per heavy atom. The number of ether oxygens (including phenoxy) is 4. The Kier molecular flexibility index (Phi) is 9.58. The summed E-state index contributed by atoms with van der Waals surface area (Å²) in [6.45, 7) is 4.84. The minimum absolute atomic E-state index is 0.572. The zero-order valence-electron chi connectivity index (χ0n) is 19.2. The minimum Gasteiger partial charge on any atom is -0.496 e. The fourth-order valence-electron chi connectivity index (χ4n) is 3.53. The Morgan fingerprint density at radius 1 is 0.767 bits per heavy atom. The highest BCUT2D eigenvalue weighted by Crippen LogP contribution is 2.46. The lowest BCUT2D eigenvalue weighted by molar-refractivity contribution is 0.144. The summed E-state index contributed by atoms with van der Waals surface area (Å²) >= 11 is 0. The molecule has 0 fully saturated rings. The molecule has 0 aliphatic heterocycles. The van der Waals surface area contributed by atoms with Crippen molar-refractivity contribution in [2.75, 3.05) is 35.0 Å². The lowest BCUT2D eigenvalue weighted by atomic mass is 9.96. The number of methoxy groups -OCH3 is 4. The molecule has 0 amide bonds. The first kappa shape index (κ1) is 23.6. The molecule has 0 saturated heterocycles. The lowest BCUT2D eigenvalue weighted by Gasteiger charge is -2.19. The lowest BCUT2D eigenvalue weighted by Crippen LogP contribution is -2.08. The van der Waals surface area contributed by atoms with Crippen molar-refractivity contribution in [1.82, 2.24) is 0 Å². The highest BCUT2D eigenvalue weighted by Gasteiger charge is 2.23. The van der Waals surface area contributed by atoms with E-state index in [1.807, 2.05) is 18.2 Å². The maximum absolute atomic E-state index is 5.89. The van der Waals surface area contributed by atoms with Crippen LogP contribution < -0.4 is 18.9 Å². The normalized spacial score (nSPS) is 11.5. The molecular weight excluding hydrogens is 382 g/mol. The quantitative estimate of drug-likeness (QED) is 0.228. The fraction of sp³-hybridized carbons (Fsp3) is 0.542. The van der Waals surface area contributed by atoms with Crippen LogP contribution in [0.3, 0.4) is 0 Å². The number of hydrogen-bond acceptors (Lipinski definition) is 6. The second kappa shape index (κ2) is 12.2. The largest absolute Gasteiger partial charge is 0.496 e. The van der Waals surface area contributed by atoms with Crippen molar-refractivity contribution in [1.29, 1.82) is 0 Å². The molecule has 0 heterocycles. The molecule has 6 heteroatoms. The maximum atomic E-state index is 5.89. The van der Waals surface area contributed by atoms with Crippen LogP contribution in [0.5, 0.6) is 23.0 Å². The molecule has 0 spiro atoms. The van der Waals surface area contributed by atoms with Gasteiger partial charge >= 0.3 is 0 Å². The van der Waals surface area contributed by atoms with E-state index in [1.54, 1.807) is 28.4 Å². The molecule has 2 aromatic carbocycles. The number of nitrogens with zero attached hydrogens (tertiary/aromatic N) is 1. The first-order valence-electron chi connectivity index (χ1n) is 10.7. The summed E-state index contributed by atoms with van der Waals surface area (Å²) in [5.74, 6) is 2.72. The van der Waals surface area contributed by atoms with Crippen LogP contribution in [0.25, 0.3) is 10.8 Å². The molecule has 0 N–H and O–H groups in total. The van der Waals surface area contributed by atoms with Gasteiger partial charge in [0.1, 0.15) is 29.6 Å². The molecule has 30 heavy (non-hydrogen) atoms. The summed E-state index contributed by atoms with van der Waals surface area (Å²) < 4.78 is 22.9. The van der Waals surface area contributed by atoms with Gasteiger partial charge in [-0.1, -0.05) is 38.3 Å². The average molecular weight is 418 g/mol. The van der Waals surface area contributed by atoms with Gasteiger partial charge in [-0.05, 0) is 37.5 Å². The molecule has 2 rings (SSSR count). The van der Waals surface area contributed by atoms with E-state index in [0.29, 0.717) is 29.6 Å².